The maximum atomic E-state index is 12.1. The van der Waals surface area contributed by atoms with Gasteiger partial charge in [0.25, 0.3) is 0 Å². The Labute approximate surface area is 167 Å². The van der Waals surface area contributed by atoms with Gasteiger partial charge in [0.1, 0.15) is 0 Å². The molecule has 0 saturated heterocycles. The van der Waals surface area contributed by atoms with Crippen molar-refractivity contribution in [1.29, 1.82) is 0 Å². The molecule has 3 N–H and O–H groups in total. The first kappa shape index (κ1) is 21.4. The van der Waals surface area contributed by atoms with Crippen LogP contribution in [0.4, 0.5) is 10.5 Å². The first-order chi connectivity index (χ1) is 13.2. The highest BCUT2D eigenvalue weighted by atomic mass is 16.2. The van der Waals surface area contributed by atoms with E-state index < -0.39 is 0 Å². The zero-order chi connectivity index (χ0) is 20.7. The summed E-state index contributed by atoms with van der Waals surface area (Å²) < 4.78 is 0. The molecule has 0 saturated carbocycles. The predicted octanol–water partition coefficient (Wildman–Crippen LogP) is 3.11. The number of urea groups is 1. The van der Waals surface area contributed by atoms with Gasteiger partial charge in [0.15, 0.2) is 0 Å². The number of hydrogen-bond acceptors (Lipinski definition) is 3. The van der Waals surface area contributed by atoms with E-state index in [1.807, 2.05) is 59.1 Å². The highest BCUT2D eigenvalue weighted by Crippen LogP contribution is 2.21. The number of nitrogens with one attached hydrogen (secondary N) is 3. The van der Waals surface area contributed by atoms with E-state index >= 15 is 0 Å². The van der Waals surface area contributed by atoms with E-state index in [1.54, 1.807) is 0 Å². The Morgan fingerprint density at radius 3 is 2.04 bits per heavy atom. The highest BCUT2D eigenvalue weighted by molar-refractivity contribution is 5.95. The molecule has 0 radical (unpaired) electrons. The maximum Gasteiger partial charge on any atom is 0.315 e. The summed E-state index contributed by atoms with van der Waals surface area (Å²) in [4.78, 5) is 26.2. The molecule has 0 unspecified atom stereocenters. The average Bonchev–Trinajstić information content (AvgIpc) is 2.62. The minimum atomic E-state index is -0.370. The molecule has 2 rings (SSSR count). The second-order valence-electron chi connectivity index (χ2n) is 7.41. The van der Waals surface area contributed by atoms with Crippen molar-refractivity contribution in [2.24, 2.45) is 0 Å². The summed E-state index contributed by atoms with van der Waals surface area (Å²) in [7, 11) is 4.05. The van der Waals surface area contributed by atoms with E-state index in [4.69, 9.17) is 0 Å². The molecular formula is C22H30N4O2. The summed E-state index contributed by atoms with van der Waals surface area (Å²) in [5, 5.41) is 8.23. The van der Waals surface area contributed by atoms with Crippen molar-refractivity contribution in [2.75, 3.05) is 26.0 Å². The van der Waals surface area contributed by atoms with Crippen molar-refractivity contribution < 1.29 is 9.59 Å². The lowest BCUT2D eigenvalue weighted by Crippen LogP contribution is -2.39. The molecule has 0 spiro atoms. The summed E-state index contributed by atoms with van der Waals surface area (Å²) in [6.45, 7) is 7.14. The number of amides is 3. The number of aryl methyl sites for hydroxylation is 3. The van der Waals surface area contributed by atoms with Crippen LogP contribution in [0.1, 0.15) is 27.8 Å². The SMILES string of the molecule is Cc1cc(C)c(NC(=O)CNC(=O)NCc2ccc(CN(C)C)cc2)c(C)c1. The van der Waals surface area contributed by atoms with Crippen LogP contribution < -0.4 is 16.0 Å². The summed E-state index contributed by atoms with van der Waals surface area (Å²) in [5.74, 6) is -0.252. The summed E-state index contributed by atoms with van der Waals surface area (Å²) in [6.07, 6.45) is 0. The summed E-state index contributed by atoms with van der Waals surface area (Å²) in [5.41, 5.74) is 6.20. The standard InChI is InChI=1S/C22H30N4O2/c1-15-10-16(2)21(17(3)11-15)25-20(27)13-24-22(28)23-12-18-6-8-19(9-7-18)14-26(4)5/h6-11H,12-14H2,1-5H3,(H,25,27)(H2,23,24,28). The predicted molar refractivity (Wildman–Crippen MR) is 113 cm³/mol. The molecule has 0 fully saturated rings. The monoisotopic (exact) mass is 382 g/mol. The van der Waals surface area contributed by atoms with Crippen molar-refractivity contribution in [2.45, 2.75) is 33.9 Å². The molecule has 0 bridgehead atoms. The maximum absolute atomic E-state index is 12.1. The van der Waals surface area contributed by atoms with Crippen molar-refractivity contribution in [1.82, 2.24) is 15.5 Å². The van der Waals surface area contributed by atoms with Crippen molar-refractivity contribution in [3.63, 3.8) is 0 Å². The van der Waals surface area contributed by atoms with Gasteiger partial charge in [-0.25, -0.2) is 4.79 Å². The van der Waals surface area contributed by atoms with Gasteiger partial charge in [-0.15, -0.1) is 0 Å². The van der Waals surface area contributed by atoms with Gasteiger partial charge in [-0.2, -0.15) is 0 Å². The highest BCUT2D eigenvalue weighted by Gasteiger charge is 2.09. The number of carbonyl (C=O) groups excluding carboxylic acids is 2. The van der Waals surface area contributed by atoms with Crippen LogP contribution in [0.15, 0.2) is 36.4 Å². The van der Waals surface area contributed by atoms with Crippen LogP contribution in [-0.2, 0) is 17.9 Å². The Bertz CT molecular complexity index is 806. The van der Waals surface area contributed by atoms with Gasteiger partial charge in [-0.05, 0) is 57.1 Å². The second-order valence-corrected chi connectivity index (χ2v) is 7.41. The van der Waals surface area contributed by atoms with Crippen LogP contribution in [-0.4, -0.2) is 37.5 Å². The third-order valence-electron chi connectivity index (χ3n) is 4.33. The van der Waals surface area contributed by atoms with Gasteiger partial charge < -0.3 is 20.9 Å². The van der Waals surface area contributed by atoms with Crippen LogP contribution in [0.2, 0.25) is 0 Å². The Morgan fingerprint density at radius 2 is 1.46 bits per heavy atom. The Kier molecular flexibility index (Phi) is 7.58. The van der Waals surface area contributed by atoms with Crippen LogP contribution in [0.3, 0.4) is 0 Å². The normalized spacial score (nSPS) is 10.6. The van der Waals surface area contributed by atoms with E-state index in [0.29, 0.717) is 6.54 Å². The molecule has 0 atom stereocenters. The molecule has 2 aromatic carbocycles. The molecule has 0 aromatic heterocycles. The van der Waals surface area contributed by atoms with E-state index in [9.17, 15) is 9.59 Å². The zero-order valence-electron chi connectivity index (χ0n) is 17.3. The molecule has 6 nitrogen and oxygen atoms in total. The first-order valence-electron chi connectivity index (χ1n) is 9.36. The molecule has 0 aliphatic carbocycles. The van der Waals surface area contributed by atoms with Gasteiger partial charge in [0.2, 0.25) is 5.91 Å². The topological polar surface area (TPSA) is 73.5 Å². The molecule has 0 aliphatic rings. The third kappa shape index (κ3) is 6.70. The number of benzene rings is 2. The molecular weight excluding hydrogens is 352 g/mol. The summed E-state index contributed by atoms with van der Waals surface area (Å²) in [6, 6.07) is 11.8. The minimum Gasteiger partial charge on any atom is -0.334 e. The number of hydrogen-bond donors (Lipinski definition) is 3. The van der Waals surface area contributed by atoms with Gasteiger partial charge in [0, 0.05) is 18.8 Å². The van der Waals surface area contributed by atoms with E-state index in [2.05, 4.69) is 33.0 Å². The molecule has 3 amide bonds. The number of rotatable bonds is 7. The lowest BCUT2D eigenvalue weighted by molar-refractivity contribution is -0.115. The smallest absolute Gasteiger partial charge is 0.315 e. The lowest BCUT2D eigenvalue weighted by atomic mass is 10.1. The molecule has 0 aliphatic heterocycles. The third-order valence-corrected chi connectivity index (χ3v) is 4.33. The fourth-order valence-electron chi connectivity index (χ4n) is 3.09. The van der Waals surface area contributed by atoms with E-state index in [0.717, 1.165) is 34.5 Å². The van der Waals surface area contributed by atoms with Crippen molar-refractivity contribution in [3.8, 4) is 0 Å². The Morgan fingerprint density at radius 1 is 0.893 bits per heavy atom. The van der Waals surface area contributed by atoms with Crippen molar-refractivity contribution >= 4 is 17.6 Å². The van der Waals surface area contributed by atoms with E-state index in [1.165, 1.54) is 5.56 Å². The minimum absolute atomic E-state index is 0.0830. The second kappa shape index (κ2) is 9.90. The Hall–Kier alpha value is -2.86. The first-order valence-corrected chi connectivity index (χ1v) is 9.36. The molecule has 2 aromatic rings. The number of anilines is 1. The van der Waals surface area contributed by atoms with Crippen LogP contribution in [0.5, 0.6) is 0 Å². The van der Waals surface area contributed by atoms with Crippen LogP contribution in [0, 0.1) is 20.8 Å². The largest absolute Gasteiger partial charge is 0.334 e. The van der Waals surface area contributed by atoms with Crippen LogP contribution >= 0.6 is 0 Å². The van der Waals surface area contributed by atoms with Crippen LogP contribution in [0.25, 0.3) is 0 Å². The van der Waals surface area contributed by atoms with Crippen molar-refractivity contribution in [3.05, 3.63) is 64.2 Å². The van der Waals surface area contributed by atoms with Gasteiger partial charge in [-0.3, -0.25) is 4.79 Å². The van der Waals surface area contributed by atoms with Gasteiger partial charge in [0.05, 0.1) is 6.54 Å². The number of carbonyl (C=O) groups is 2. The van der Waals surface area contributed by atoms with Gasteiger partial charge in [-0.1, -0.05) is 42.0 Å². The number of nitrogens with zero attached hydrogens (tertiary/aromatic N) is 1. The Balaban J connectivity index is 1.77. The zero-order valence-corrected chi connectivity index (χ0v) is 17.3. The fourth-order valence-corrected chi connectivity index (χ4v) is 3.09. The molecule has 150 valence electrons. The molecule has 28 heavy (non-hydrogen) atoms. The van der Waals surface area contributed by atoms with E-state index in [-0.39, 0.29) is 18.5 Å². The van der Waals surface area contributed by atoms with Gasteiger partial charge >= 0.3 is 6.03 Å². The molecule has 6 heteroatoms. The average molecular weight is 383 g/mol. The summed E-state index contributed by atoms with van der Waals surface area (Å²) >= 11 is 0. The quantitative estimate of drug-likeness (QED) is 0.689. The lowest BCUT2D eigenvalue weighted by Gasteiger charge is -2.13. The fraction of sp³-hybridized carbons (Fsp3) is 0.364. The molecule has 0 heterocycles.